The Labute approximate surface area is 134 Å². The third-order valence-corrected chi connectivity index (χ3v) is 3.46. The van der Waals surface area contributed by atoms with Crippen molar-refractivity contribution in [1.82, 2.24) is 14.8 Å². The van der Waals surface area contributed by atoms with Crippen LogP contribution in [0.15, 0.2) is 24.5 Å². The Morgan fingerprint density at radius 1 is 1.14 bits per heavy atom. The van der Waals surface area contributed by atoms with Crippen molar-refractivity contribution in [2.45, 2.75) is 26.3 Å². The predicted octanol–water partition coefficient (Wildman–Crippen LogP) is 3.91. The number of aryl methyl sites for hydroxylation is 1. The van der Waals surface area contributed by atoms with E-state index in [1.165, 1.54) is 0 Å². The van der Waals surface area contributed by atoms with E-state index >= 15 is 0 Å². The summed E-state index contributed by atoms with van der Waals surface area (Å²) in [6.07, 6.45) is 5.66. The summed E-state index contributed by atoms with van der Waals surface area (Å²) < 4.78 is 1.90. The fourth-order valence-electron chi connectivity index (χ4n) is 1.84. The monoisotopic (exact) mass is 327 g/mol. The Kier molecular flexibility index (Phi) is 6.14. The van der Waals surface area contributed by atoms with Gasteiger partial charge in [0, 0.05) is 32.0 Å². The molecule has 7 heteroatoms. The molecular weight excluding hydrogens is 309 g/mol. The molecule has 2 N–H and O–H groups in total. The highest BCUT2D eigenvalue weighted by Gasteiger charge is 2.08. The highest BCUT2D eigenvalue weighted by molar-refractivity contribution is 6.37. The number of hydrogen-bond acceptors (Lipinski definition) is 4. The van der Waals surface area contributed by atoms with Crippen LogP contribution in [0.4, 0.5) is 11.6 Å². The van der Waals surface area contributed by atoms with Crippen LogP contribution in [0.5, 0.6) is 0 Å². The predicted molar refractivity (Wildman–Crippen MR) is 88.4 cm³/mol. The van der Waals surface area contributed by atoms with E-state index in [4.69, 9.17) is 23.2 Å². The first kappa shape index (κ1) is 15.9. The quantitative estimate of drug-likeness (QED) is 0.722. The third-order valence-electron chi connectivity index (χ3n) is 2.89. The molecule has 0 radical (unpaired) electrons. The van der Waals surface area contributed by atoms with Gasteiger partial charge in [-0.2, -0.15) is 5.10 Å². The van der Waals surface area contributed by atoms with Crippen molar-refractivity contribution in [3.63, 3.8) is 0 Å². The van der Waals surface area contributed by atoms with Crippen molar-refractivity contribution in [3.05, 3.63) is 34.6 Å². The molecular formula is C14H19Cl2N5. The lowest BCUT2D eigenvalue weighted by Crippen LogP contribution is -2.10. The van der Waals surface area contributed by atoms with Crippen molar-refractivity contribution in [2.75, 3.05) is 23.7 Å². The second-order valence-electron chi connectivity index (χ2n) is 4.63. The normalized spacial score (nSPS) is 10.6. The molecule has 0 saturated heterocycles. The largest absolute Gasteiger partial charge is 0.369 e. The summed E-state index contributed by atoms with van der Waals surface area (Å²) >= 11 is 12.3. The minimum Gasteiger partial charge on any atom is -0.369 e. The molecule has 114 valence electrons. The van der Waals surface area contributed by atoms with Crippen LogP contribution in [0.3, 0.4) is 0 Å². The number of rotatable bonds is 8. The van der Waals surface area contributed by atoms with Crippen LogP contribution in [0.1, 0.15) is 19.8 Å². The minimum atomic E-state index is 0.529. The van der Waals surface area contributed by atoms with Gasteiger partial charge in [-0.15, -0.1) is 0 Å². The molecule has 0 aliphatic carbocycles. The van der Waals surface area contributed by atoms with Gasteiger partial charge >= 0.3 is 0 Å². The van der Waals surface area contributed by atoms with Crippen LogP contribution >= 0.6 is 23.2 Å². The maximum Gasteiger partial charge on any atom is 0.147 e. The molecule has 0 amide bonds. The van der Waals surface area contributed by atoms with E-state index in [-0.39, 0.29) is 0 Å². The summed E-state index contributed by atoms with van der Waals surface area (Å²) in [5.41, 5.74) is 0. The maximum absolute atomic E-state index is 6.16. The van der Waals surface area contributed by atoms with E-state index in [0.717, 1.165) is 32.5 Å². The first-order valence-corrected chi connectivity index (χ1v) is 7.77. The minimum absolute atomic E-state index is 0.529. The number of anilines is 2. The molecule has 2 rings (SSSR count). The van der Waals surface area contributed by atoms with E-state index in [2.05, 4.69) is 27.6 Å². The molecule has 21 heavy (non-hydrogen) atoms. The number of pyridine rings is 1. The molecule has 2 aromatic rings. The van der Waals surface area contributed by atoms with Crippen LogP contribution in [0.2, 0.25) is 10.0 Å². The van der Waals surface area contributed by atoms with Gasteiger partial charge in [0.15, 0.2) is 0 Å². The van der Waals surface area contributed by atoms with E-state index < -0.39 is 0 Å². The van der Waals surface area contributed by atoms with Crippen LogP contribution < -0.4 is 10.6 Å². The molecule has 0 fully saturated rings. The highest BCUT2D eigenvalue weighted by atomic mass is 35.5. The van der Waals surface area contributed by atoms with Gasteiger partial charge in [0.05, 0.1) is 10.0 Å². The van der Waals surface area contributed by atoms with Crippen molar-refractivity contribution in [3.8, 4) is 0 Å². The summed E-state index contributed by atoms with van der Waals surface area (Å²) in [6, 6.07) is 3.63. The van der Waals surface area contributed by atoms with Gasteiger partial charge in [-0.1, -0.05) is 30.1 Å². The first-order valence-electron chi connectivity index (χ1n) is 7.02. The Hall–Kier alpha value is -1.46. The summed E-state index contributed by atoms with van der Waals surface area (Å²) in [5, 5.41) is 11.6. The Morgan fingerprint density at radius 3 is 2.48 bits per heavy atom. The van der Waals surface area contributed by atoms with Crippen LogP contribution in [0.25, 0.3) is 0 Å². The zero-order valence-corrected chi connectivity index (χ0v) is 13.5. The smallest absolute Gasteiger partial charge is 0.147 e. The lowest BCUT2D eigenvalue weighted by molar-refractivity contribution is 0.591. The number of nitrogens with zero attached hydrogens (tertiary/aromatic N) is 3. The van der Waals surface area contributed by atoms with Gasteiger partial charge in [0.2, 0.25) is 0 Å². The fourth-order valence-corrected chi connectivity index (χ4v) is 2.33. The van der Waals surface area contributed by atoms with Gasteiger partial charge in [0.25, 0.3) is 0 Å². The zero-order valence-electron chi connectivity index (χ0n) is 11.9. The molecule has 0 aliphatic heterocycles. The van der Waals surface area contributed by atoms with Crippen molar-refractivity contribution in [2.24, 2.45) is 0 Å². The topological polar surface area (TPSA) is 54.8 Å². The van der Waals surface area contributed by atoms with Crippen molar-refractivity contribution < 1.29 is 0 Å². The number of aromatic nitrogens is 3. The molecule has 0 aliphatic rings. The average Bonchev–Trinajstić information content (AvgIpc) is 2.97. The molecule has 0 aromatic carbocycles. The summed E-state index contributed by atoms with van der Waals surface area (Å²) in [6.45, 7) is 4.53. The maximum atomic E-state index is 6.16. The molecule has 5 nitrogen and oxygen atoms in total. The molecule has 0 atom stereocenters. The Bertz CT molecular complexity index is 557. The molecule has 2 aromatic heterocycles. The summed E-state index contributed by atoms with van der Waals surface area (Å²) in [7, 11) is 0. The van der Waals surface area contributed by atoms with E-state index in [9.17, 15) is 0 Å². The number of nitrogens with one attached hydrogen (secondary N) is 2. The lowest BCUT2D eigenvalue weighted by atomic mass is 10.3. The van der Waals surface area contributed by atoms with Crippen molar-refractivity contribution in [1.29, 1.82) is 0 Å². The van der Waals surface area contributed by atoms with Gasteiger partial charge < -0.3 is 10.6 Å². The number of halogens is 2. The third kappa shape index (κ3) is 4.79. The van der Waals surface area contributed by atoms with E-state index in [1.54, 1.807) is 12.3 Å². The zero-order chi connectivity index (χ0) is 15.1. The van der Waals surface area contributed by atoms with Crippen LogP contribution in [-0.2, 0) is 6.54 Å². The molecule has 0 unspecified atom stereocenters. The molecule has 0 saturated carbocycles. The summed E-state index contributed by atoms with van der Waals surface area (Å²) in [4.78, 5) is 4.44. The SMILES string of the molecule is CCCNc1nc(NCCCn2cccn2)c(Cl)cc1Cl. The second-order valence-corrected chi connectivity index (χ2v) is 5.44. The fraction of sp³-hybridized carbons (Fsp3) is 0.429. The standard InChI is InChI=1S/C14H19Cl2N5/c1-2-5-17-13-11(15)10-12(16)14(20-13)18-6-3-8-21-9-4-7-19-21/h4,7,9-10H,2-3,5-6,8H2,1H3,(H2,17,18,20). The first-order chi connectivity index (χ1) is 10.2. The van der Waals surface area contributed by atoms with Crippen LogP contribution in [0, 0.1) is 0 Å². The molecule has 0 bridgehead atoms. The van der Waals surface area contributed by atoms with Gasteiger partial charge in [-0.05, 0) is 25.0 Å². The highest BCUT2D eigenvalue weighted by Crippen LogP contribution is 2.29. The van der Waals surface area contributed by atoms with Gasteiger partial charge in [0.1, 0.15) is 11.6 Å². The van der Waals surface area contributed by atoms with Crippen molar-refractivity contribution >= 4 is 34.8 Å². The molecule has 2 heterocycles. The summed E-state index contributed by atoms with van der Waals surface area (Å²) in [5.74, 6) is 1.32. The van der Waals surface area contributed by atoms with Crippen LogP contribution in [-0.4, -0.2) is 27.9 Å². The second kappa shape index (κ2) is 8.10. The molecule has 0 spiro atoms. The van der Waals surface area contributed by atoms with E-state index in [0.29, 0.717) is 21.7 Å². The number of hydrogen-bond donors (Lipinski definition) is 2. The van der Waals surface area contributed by atoms with Gasteiger partial charge in [-0.3, -0.25) is 4.68 Å². The van der Waals surface area contributed by atoms with Gasteiger partial charge in [-0.25, -0.2) is 4.98 Å². The average molecular weight is 328 g/mol. The lowest BCUT2D eigenvalue weighted by Gasteiger charge is -2.12. The Morgan fingerprint density at radius 2 is 1.86 bits per heavy atom. The van der Waals surface area contributed by atoms with E-state index in [1.807, 2.05) is 16.9 Å². The Balaban J connectivity index is 1.89.